The molecule has 3 aliphatic heterocycles. The maximum atomic E-state index is 11.7. The summed E-state index contributed by atoms with van der Waals surface area (Å²) in [6.07, 6.45) is 8.59. The van der Waals surface area contributed by atoms with Gasteiger partial charge in [-0.15, -0.1) is 0 Å². The number of hydrogen-bond acceptors (Lipinski definition) is 7. The van der Waals surface area contributed by atoms with Crippen molar-refractivity contribution in [2.45, 2.75) is 88.3 Å². The number of fused-ring (bicyclic) bond motifs is 1. The number of carbonyl (C=O) groups is 3. The minimum atomic E-state index is -0.935. The Kier molecular flexibility index (Phi) is 6.20. The number of aliphatic hydroxyl groups is 1. The van der Waals surface area contributed by atoms with Gasteiger partial charge in [-0.3, -0.25) is 4.79 Å². The Hall–Kier alpha value is -2.19. The molecule has 0 aromatic heterocycles. The van der Waals surface area contributed by atoms with Crippen LogP contribution >= 0.6 is 0 Å². The van der Waals surface area contributed by atoms with E-state index in [0.717, 1.165) is 32.1 Å². The molecule has 1 radical (unpaired) electrons. The molecular formula is C25H33O8. The summed E-state index contributed by atoms with van der Waals surface area (Å²) in [4.78, 5) is 32.3. The quantitative estimate of drug-likeness (QED) is 0.486. The Bertz CT molecular complexity index is 848. The smallest absolute Gasteiger partial charge is 0.333 e. The van der Waals surface area contributed by atoms with Crippen LogP contribution in [0.2, 0.25) is 0 Å². The fourth-order valence-electron chi connectivity index (χ4n) is 6.58. The molecule has 3 saturated heterocycles. The minimum Gasteiger partial charge on any atom is -0.478 e. The van der Waals surface area contributed by atoms with E-state index in [1.807, 2.05) is 6.42 Å². The lowest BCUT2D eigenvalue weighted by molar-refractivity contribution is -0.217. The Morgan fingerprint density at radius 2 is 1.70 bits per heavy atom. The van der Waals surface area contributed by atoms with E-state index in [-0.39, 0.29) is 41.7 Å². The van der Waals surface area contributed by atoms with Crippen LogP contribution in [0.4, 0.5) is 0 Å². The van der Waals surface area contributed by atoms with Crippen molar-refractivity contribution < 1.29 is 38.8 Å². The second kappa shape index (κ2) is 8.55. The van der Waals surface area contributed by atoms with Crippen molar-refractivity contribution in [3.8, 4) is 0 Å². The molecule has 6 bridgehead atoms. The standard InChI is InChI=1S/C14H20O3.C7H7O3.C4H6O2/c1-9(2)12(15)17-14-6-10-3-11(7-14)5-13(16,4-10)8-14;8-7-4-1-3-2-5(10-7)6(4)9-3;1-3(2)4(5)6/h10-11,16H,1,3-8H2,2H3;2-6H,1H2;1H2,2H3,(H,5,6). The first-order valence-electron chi connectivity index (χ1n) is 11.6. The van der Waals surface area contributed by atoms with Crippen LogP contribution in [0.3, 0.4) is 0 Å². The van der Waals surface area contributed by atoms with Gasteiger partial charge in [0.05, 0.1) is 17.6 Å². The zero-order valence-electron chi connectivity index (χ0n) is 19.2. The molecule has 0 amide bonds. The summed E-state index contributed by atoms with van der Waals surface area (Å²) in [6.45, 7) is 9.91. The molecule has 4 saturated carbocycles. The Balaban J connectivity index is 0.000000136. The first kappa shape index (κ1) is 24.0. The van der Waals surface area contributed by atoms with Crippen molar-refractivity contribution in [2.75, 3.05) is 0 Å². The number of carboxylic acid groups (broad SMARTS) is 1. The Morgan fingerprint density at radius 1 is 1.09 bits per heavy atom. The van der Waals surface area contributed by atoms with E-state index in [9.17, 15) is 19.5 Å². The van der Waals surface area contributed by atoms with E-state index in [4.69, 9.17) is 19.3 Å². The fourth-order valence-corrected chi connectivity index (χ4v) is 6.58. The van der Waals surface area contributed by atoms with Gasteiger partial charge in [-0.1, -0.05) is 13.2 Å². The highest BCUT2D eigenvalue weighted by Gasteiger charge is 2.59. The topological polar surface area (TPSA) is 119 Å². The summed E-state index contributed by atoms with van der Waals surface area (Å²) in [5, 5.41) is 18.4. The predicted octanol–water partition coefficient (Wildman–Crippen LogP) is 2.74. The fraction of sp³-hybridized carbons (Fsp3) is 0.680. The van der Waals surface area contributed by atoms with Crippen LogP contribution in [0.5, 0.6) is 0 Å². The molecule has 7 rings (SSSR count). The molecule has 2 N–H and O–H groups in total. The van der Waals surface area contributed by atoms with Crippen molar-refractivity contribution in [2.24, 2.45) is 17.8 Å². The van der Waals surface area contributed by atoms with Gasteiger partial charge in [0.1, 0.15) is 17.8 Å². The van der Waals surface area contributed by atoms with Crippen molar-refractivity contribution in [1.82, 2.24) is 0 Å². The first-order chi connectivity index (χ1) is 15.4. The van der Waals surface area contributed by atoms with Crippen LogP contribution in [-0.4, -0.2) is 57.6 Å². The van der Waals surface area contributed by atoms with Gasteiger partial charge in [0, 0.05) is 24.0 Å². The van der Waals surface area contributed by atoms with E-state index < -0.39 is 17.2 Å². The highest BCUT2D eigenvalue weighted by Crippen LogP contribution is 2.59. The summed E-state index contributed by atoms with van der Waals surface area (Å²) < 4.78 is 16.1. The number of aliphatic carboxylic acids is 1. The summed E-state index contributed by atoms with van der Waals surface area (Å²) in [5.74, 6) is -0.157. The van der Waals surface area contributed by atoms with Crippen LogP contribution in [0.15, 0.2) is 24.3 Å². The number of hydrogen-bond donors (Lipinski definition) is 2. The maximum Gasteiger partial charge on any atom is 0.333 e. The lowest BCUT2D eigenvalue weighted by Crippen LogP contribution is -2.60. The van der Waals surface area contributed by atoms with Crippen molar-refractivity contribution in [3.05, 3.63) is 30.7 Å². The van der Waals surface area contributed by atoms with E-state index >= 15 is 0 Å². The molecule has 6 atom stereocenters. The molecule has 8 heteroatoms. The summed E-state index contributed by atoms with van der Waals surface area (Å²) in [6, 6.07) is 0. The molecular weight excluding hydrogens is 428 g/mol. The number of rotatable bonds is 3. The molecule has 33 heavy (non-hydrogen) atoms. The van der Waals surface area contributed by atoms with Gasteiger partial charge in [-0.2, -0.15) is 0 Å². The third-order valence-electron chi connectivity index (χ3n) is 7.50. The highest BCUT2D eigenvalue weighted by molar-refractivity contribution is 5.87. The van der Waals surface area contributed by atoms with Gasteiger partial charge in [0.2, 0.25) is 0 Å². The van der Waals surface area contributed by atoms with Gasteiger partial charge in [0.15, 0.2) is 0 Å². The summed E-state index contributed by atoms with van der Waals surface area (Å²) in [7, 11) is 0. The zero-order valence-corrected chi connectivity index (χ0v) is 19.2. The second-order valence-corrected chi connectivity index (χ2v) is 10.7. The number of carbonyl (C=O) groups excluding carboxylic acids is 2. The van der Waals surface area contributed by atoms with Crippen LogP contribution in [0.25, 0.3) is 0 Å². The average Bonchev–Trinajstić information content (AvgIpc) is 3.30. The second-order valence-electron chi connectivity index (χ2n) is 10.7. The predicted molar refractivity (Wildman–Crippen MR) is 117 cm³/mol. The first-order valence-corrected chi connectivity index (χ1v) is 11.6. The van der Waals surface area contributed by atoms with Crippen molar-refractivity contribution in [3.63, 3.8) is 0 Å². The van der Waals surface area contributed by atoms with Crippen LogP contribution < -0.4 is 0 Å². The molecule has 3 heterocycles. The van der Waals surface area contributed by atoms with Gasteiger partial charge < -0.3 is 24.4 Å². The molecule has 6 unspecified atom stereocenters. The molecule has 7 aliphatic rings. The SMILES string of the molecule is C=C(C)C(=O)O.C=C(C)C(=O)OC12CC3CC(CC(O)(C3)C1)C2.O=C1OC2[CH]C3CC1C2O3. The van der Waals surface area contributed by atoms with Crippen LogP contribution in [0, 0.1) is 24.2 Å². The van der Waals surface area contributed by atoms with Crippen molar-refractivity contribution in [1.29, 1.82) is 0 Å². The van der Waals surface area contributed by atoms with Crippen LogP contribution in [0.1, 0.15) is 58.8 Å². The lowest BCUT2D eigenvalue weighted by Gasteiger charge is -2.59. The molecule has 8 nitrogen and oxygen atoms in total. The third kappa shape index (κ3) is 4.87. The monoisotopic (exact) mass is 461 g/mol. The van der Waals surface area contributed by atoms with E-state index in [2.05, 4.69) is 13.2 Å². The van der Waals surface area contributed by atoms with E-state index in [0.29, 0.717) is 23.8 Å². The molecule has 7 fully saturated rings. The van der Waals surface area contributed by atoms with E-state index in [1.54, 1.807) is 6.92 Å². The van der Waals surface area contributed by atoms with Gasteiger partial charge >= 0.3 is 17.9 Å². The molecule has 0 aromatic carbocycles. The zero-order chi connectivity index (χ0) is 24.1. The maximum absolute atomic E-state index is 11.7. The molecule has 181 valence electrons. The average molecular weight is 462 g/mol. The lowest BCUT2D eigenvalue weighted by atomic mass is 9.52. The highest BCUT2D eigenvalue weighted by atomic mass is 16.6. The van der Waals surface area contributed by atoms with Gasteiger partial charge in [-0.25, -0.2) is 9.59 Å². The largest absolute Gasteiger partial charge is 0.478 e. The molecule has 0 aromatic rings. The number of carboxylic acids is 1. The van der Waals surface area contributed by atoms with Gasteiger partial charge in [0.25, 0.3) is 0 Å². The summed E-state index contributed by atoms with van der Waals surface area (Å²) in [5.41, 5.74) is -0.336. The third-order valence-corrected chi connectivity index (χ3v) is 7.50. The number of esters is 2. The van der Waals surface area contributed by atoms with Crippen LogP contribution in [-0.2, 0) is 28.6 Å². The Labute approximate surface area is 194 Å². The summed E-state index contributed by atoms with van der Waals surface area (Å²) >= 11 is 0. The molecule has 0 spiro atoms. The Morgan fingerprint density at radius 3 is 2.12 bits per heavy atom. The number of ether oxygens (including phenoxy) is 3. The minimum absolute atomic E-state index is 0.0174. The molecule has 4 aliphatic carbocycles. The van der Waals surface area contributed by atoms with E-state index in [1.165, 1.54) is 13.3 Å². The normalized spacial score (nSPS) is 42.5. The van der Waals surface area contributed by atoms with Gasteiger partial charge in [-0.05, 0) is 64.2 Å². The van der Waals surface area contributed by atoms with Crippen molar-refractivity contribution >= 4 is 17.9 Å².